The molecule has 19 heavy (non-hydrogen) atoms. The number of non-ortho nitro benzene ring substituents is 1. The SMILES string of the molecule is CCCNCC(C)COc1cc([N+](=O)[O-])ccc1Br. The normalized spacial score (nSPS) is 12.2. The summed E-state index contributed by atoms with van der Waals surface area (Å²) in [7, 11) is 0. The summed E-state index contributed by atoms with van der Waals surface area (Å²) < 4.78 is 6.36. The molecule has 0 amide bonds. The molecule has 0 radical (unpaired) electrons. The standard InChI is InChI=1S/C13H19BrN2O3/c1-3-6-15-8-10(2)9-19-13-7-11(16(17)18)4-5-12(13)14/h4-5,7,10,15H,3,6,8-9H2,1-2H3. The molecule has 6 heteroatoms. The van der Waals surface area contributed by atoms with Crippen LogP contribution in [0.4, 0.5) is 5.69 Å². The molecule has 0 aliphatic heterocycles. The minimum Gasteiger partial charge on any atom is -0.492 e. The summed E-state index contributed by atoms with van der Waals surface area (Å²) in [5, 5.41) is 14.0. The predicted molar refractivity (Wildman–Crippen MR) is 78.6 cm³/mol. The van der Waals surface area contributed by atoms with Crippen LogP contribution in [0.2, 0.25) is 0 Å². The number of ether oxygens (including phenoxy) is 1. The first-order chi connectivity index (χ1) is 9.04. The third-order valence-corrected chi connectivity index (χ3v) is 3.22. The van der Waals surface area contributed by atoms with Crippen molar-refractivity contribution < 1.29 is 9.66 Å². The quantitative estimate of drug-likeness (QED) is 0.451. The number of hydrogen-bond donors (Lipinski definition) is 1. The lowest BCUT2D eigenvalue weighted by molar-refractivity contribution is -0.385. The van der Waals surface area contributed by atoms with Gasteiger partial charge >= 0.3 is 0 Å². The van der Waals surface area contributed by atoms with Gasteiger partial charge in [0.25, 0.3) is 5.69 Å². The monoisotopic (exact) mass is 330 g/mol. The Labute approximate surface area is 121 Å². The molecule has 0 spiro atoms. The Morgan fingerprint density at radius 3 is 2.89 bits per heavy atom. The molecule has 1 N–H and O–H groups in total. The van der Waals surface area contributed by atoms with Gasteiger partial charge in [0.1, 0.15) is 5.75 Å². The van der Waals surface area contributed by atoms with E-state index in [0.29, 0.717) is 18.3 Å². The minimum absolute atomic E-state index is 0.0370. The molecule has 1 aromatic carbocycles. The highest BCUT2D eigenvalue weighted by atomic mass is 79.9. The molecule has 0 aliphatic rings. The summed E-state index contributed by atoms with van der Waals surface area (Å²) in [4.78, 5) is 10.3. The zero-order valence-corrected chi connectivity index (χ0v) is 12.8. The van der Waals surface area contributed by atoms with Crippen molar-refractivity contribution in [1.82, 2.24) is 5.32 Å². The van der Waals surface area contributed by atoms with Gasteiger partial charge in [-0.3, -0.25) is 10.1 Å². The summed E-state index contributed by atoms with van der Waals surface area (Å²) in [6, 6.07) is 4.52. The maximum Gasteiger partial charge on any atom is 0.273 e. The van der Waals surface area contributed by atoms with E-state index >= 15 is 0 Å². The van der Waals surface area contributed by atoms with Crippen molar-refractivity contribution in [1.29, 1.82) is 0 Å². The average Bonchev–Trinajstić information content (AvgIpc) is 2.37. The highest BCUT2D eigenvalue weighted by Crippen LogP contribution is 2.29. The fourth-order valence-electron chi connectivity index (χ4n) is 1.53. The summed E-state index contributed by atoms with van der Waals surface area (Å²) >= 11 is 3.33. The van der Waals surface area contributed by atoms with E-state index in [2.05, 4.69) is 35.1 Å². The Morgan fingerprint density at radius 2 is 2.26 bits per heavy atom. The zero-order chi connectivity index (χ0) is 14.3. The molecule has 0 bridgehead atoms. The predicted octanol–water partition coefficient (Wildman–Crippen LogP) is 3.37. The van der Waals surface area contributed by atoms with Gasteiger partial charge in [0, 0.05) is 18.5 Å². The Kier molecular flexibility index (Phi) is 6.80. The number of halogens is 1. The molecule has 0 saturated carbocycles. The Morgan fingerprint density at radius 1 is 1.53 bits per heavy atom. The molecular formula is C13H19BrN2O3. The van der Waals surface area contributed by atoms with Crippen LogP contribution in [0.15, 0.2) is 22.7 Å². The molecule has 106 valence electrons. The topological polar surface area (TPSA) is 64.4 Å². The second-order valence-electron chi connectivity index (χ2n) is 4.49. The third kappa shape index (κ3) is 5.57. The number of hydrogen-bond acceptors (Lipinski definition) is 4. The largest absolute Gasteiger partial charge is 0.492 e. The van der Waals surface area contributed by atoms with E-state index in [1.807, 2.05) is 0 Å². The first-order valence-corrected chi connectivity index (χ1v) is 7.11. The molecule has 0 aliphatic carbocycles. The van der Waals surface area contributed by atoms with Crippen molar-refractivity contribution in [2.45, 2.75) is 20.3 Å². The van der Waals surface area contributed by atoms with Crippen molar-refractivity contribution in [3.63, 3.8) is 0 Å². The minimum atomic E-state index is -0.425. The van der Waals surface area contributed by atoms with Crippen LogP contribution in [0.1, 0.15) is 20.3 Å². The molecule has 0 fully saturated rings. The molecule has 1 atom stereocenters. The van der Waals surface area contributed by atoms with E-state index in [-0.39, 0.29) is 5.69 Å². The van der Waals surface area contributed by atoms with Crippen LogP contribution in [0.25, 0.3) is 0 Å². The highest BCUT2D eigenvalue weighted by Gasteiger charge is 2.11. The maximum atomic E-state index is 10.7. The molecular weight excluding hydrogens is 312 g/mol. The fourth-order valence-corrected chi connectivity index (χ4v) is 1.89. The lowest BCUT2D eigenvalue weighted by atomic mass is 10.2. The van der Waals surface area contributed by atoms with Crippen molar-refractivity contribution in [2.75, 3.05) is 19.7 Å². The summed E-state index contributed by atoms with van der Waals surface area (Å²) in [5.74, 6) is 0.856. The molecule has 1 aromatic rings. The van der Waals surface area contributed by atoms with E-state index in [1.165, 1.54) is 12.1 Å². The summed E-state index contributed by atoms with van der Waals surface area (Å²) in [6.07, 6.45) is 1.10. The van der Waals surface area contributed by atoms with Crippen LogP contribution in [-0.4, -0.2) is 24.6 Å². The van der Waals surface area contributed by atoms with Gasteiger partial charge in [-0.2, -0.15) is 0 Å². The number of nitro groups is 1. The zero-order valence-electron chi connectivity index (χ0n) is 11.2. The summed E-state index contributed by atoms with van der Waals surface area (Å²) in [6.45, 7) is 6.59. The van der Waals surface area contributed by atoms with Crippen molar-refractivity contribution in [3.05, 3.63) is 32.8 Å². The van der Waals surface area contributed by atoms with E-state index in [4.69, 9.17) is 4.74 Å². The van der Waals surface area contributed by atoms with Crippen LogP contribution < -0.4 is 10.1 Å². The van der Waals surface area contributed by atoms with E-state index in [1.54, 1.807) is 6.07 Å². The number of rotatable bonds is 8. The van der Waals surface area contributed by atoms with Gasteiger partial charge in [-0.1, -0.05) is 13.8 Å². The molecule has 1 rings (SSSR count). The van der Waals surface area contributed by atoms with Gasteiger partial charge in [0.15, 0.2) is 0 Å². The van der Waals surface area contributed by atoms with Crippen LogP contribution in [0, 0.1) is 16.0 Å². The Balaban J connectivity index is 2.52. The molecule has 5 nitrogen and oxygen atoms in total. The number of nitro benzene ring substituents is 1. The first-order valence-electron chi connectivity index (χ1n) is 6.32. The van der Waals surface area contributed by atoms with Crippen LogP contribution in [0.3, 0.4) is 0 Å². The van der Waals surface area contributed by atoms with Gasteiger partial charge in [0.2, 0.25) is 0 Å². The van der Waals surface area contributed by atoms with Crippen LogP contribution in [-0.2, 0) is 0 Å². The first kappa shape index (κ1) is 15.9. The Hall–Kier alpha value is -1.14. The van der Waals surface area contributed by atoms with Crippen molar-refractivity contribution in [3.8, 4) is 5.75 Å². The molecule has 0 heterocycles. The average molecular weight is 331 g/mol. The van der Waals surface area contributed by atoms with Gasteiger partial charge in [0.05, 0.1) is 22.1 Å². The molecule has 1 unspecified atom stereocenters. The highest BCUT2D eigenvalue weighted by molar-refractivity contribution is 9.10. The van der Waals surface area contributed by atoms with E-state index < -0.39 is 4.92 Å². The summed E-state index contributed by atoms with van der Waals surface area (Å²) in [5.41, 5.74) is 0.0370. The molecule has 0 saturated heterocycles. The fraction of sp³-hybridized carbons (Fsp3) is 0.538. The van der Waals surface area contributed by atoms with Gasteiger partial charge in [-0.25, -0.2) is 0 Å². The Bertz CT molecular complexity index is 426. The lowest BCUT2D eigenvalue weighted by Gasteiger charge is -2.14. The number of nitrogens with zero attached hydrogens (tertiary/aromatic N) is 1. The van der Waals surface area contributed by atoms with Gasteiger partial charge in [-0.05, 0) is 35.0 Å². The smallest absolute Gasteiger partial charge is 0.273 e. The van der Waals surface area contributed by atoms with Crippen molar-refractivity contribution >= 4 is 21.6 Å². The maximum absolute atomic E-state index is 10.7. The van der Waals surface area contributed by atoms with Crippen LogP contribution in [0.5, 0.6) is 5.75 Å². The van der Waals surface area contributed by atoms with Crippen LogP contribution >= 0.6 is 15.9 Å². The van der Waals surface area contributed by atoms with Gasteiger partial charge < -0.3 is 10.1 Å². The second-order valence-corrected chi connectivity index (χ2v) is 5.35. The number of nitrogens with one attached hydrogen (secondary N) is 1. The lowest BCUT2D eigenvalue weighted by Crippen LogP contribution is -2.25. The number of benzene rings is 1. The second kappa shape index (κ2) is 8.12. The van der Waals surface area contributed by atoms with Crippen molar-refractivity contribution in [2.24, 2.45) is 5.92 Å². The third-order valence-electron chi connectivity index (χ3n) is 2.57. The van der Waals surface area contributed by atoms with Gasteiger partial charge in [-0.15, -0.1) is 0 Å². The van der Waals surface area contributed by atoms with E-state index in [9.17, 15) is 10.1 Å². The van der Waals surface area contributed by atoms with E-state index in [0.717, 1.165) is 24.0 Å². The molecule has 0 aromatic heterocycles.